The van der Waals surface area contributed by atoms with Gasteiger partial charge in [0.15, 0.2) is 6.10 Å². The maximum Gasteiger partial charge on any atom is 0.289 e. The Morgan fingerprint density at radius 3 is 2.71 bits per heavy atom. The third-order valence-electron chi connectivity index (χ3n) is 3.34. The molecule has 126 valence electrons. The summed E-state index contributed by atoms with van der Waals surface area (Å²) < 4.78 is 5.71. The van der Waals surface area contributed by atoms with E-state index >= 15 is 0 Å². The lowest BCUT2D eigenvalue weighted by atomic mass is 10.2. The Morgan fingerprint density at radius 2 is 2.08 bits per heavy atom. The lowest BCUT2D eigenvalue weighted by molar-refractivity contribution is -0.384. The van der Waals surface area contributed by atoms with Gasteiger partial charge in [0.05, 0.1) is 4.92 Å². The van der Waals surface area contributed by atoms with Crippen LogP contribution in [0.4, 0.5) is 11.4 Å². The van der Waals surface area contributed by atoms with Gasteiger partial charge in [-0.05, 0) is 43.2 Å². The summed E-state index contributed by atoms with van der Waals surface area (Å²) >= 11 is 5.76. The van der Waals surface area contributed by atoms with E-state index in [1.54, 1.807) is 6.07 Å². The molecule has 2 aromatic carbocycles. The van der Waals surface area contributed by atoms with Gasteiger partial charge < -0.3 is 10.1 Å². The topological polar surface area (TPSA) is 81.5 Å². The number of nitrogens with one attached hydrogen (secondary N) is 1. The Kier molecular flexibility index (Phi) is 5.76. The highest BCUT2D eigenvalue weighted by molar-refractivity contribution is 6.32. The van der Waals surface area contributed by atoms with Crippen molar-refractivity contribution in [2.45, 2.75) is 26.4 Å². The summed E-state index contributed by atoms with van der Waals surface area (Å²) in [7, 11) is 0. The Balaban J connectivity index is 2.12. The van der Waals surface area contributed by atoms with Gasteiger partial charge >= 0.3 is 0 Å². The molecule has 2 rings (SSSR count). The van der Waals surface area contributed by atoms with Gasteiger partial charge in [0.1, 0.15) is 10.8 Å². The number of ether oxygens (including phenoxy) is 1. The van der Waals surface area contributed by atoms with Gasteiger partial charge in [-0.2, -0.15) is 0 Å². The van der Waals surface area contributed by atoms with E-state index in [1.165, 1.54) is 18.2 Å². The molecule has 0 heterocycles. The first-order chi connectivity index (χ1) is 11.4. The predicted molar refractivity (Wildman–Crippen MR) is 92.6 cm³/mol. The quantitative estimate of drug-likeness (QED) is 0.621. The molecule has 1 unspecified atom stereocenters. The fraction of sp³-hybridized carbons (Fsp3) is 0.235. The third kappa shape index (κ3) is 4.45. The Bertz CT molecular complexity index is 764. The number of hydrogen-bond acceptors (Lipinski definition) is 4. The van der Waals surface area contributed by atoms with Crippen molar-refractivity contribution in [2.75, 3.05) is 5.32 Å². The third-order valence-corrected chi connectivity index (χ3v) is 3.66. The van der Waals surface area contributed by atoms with Gasteiger partial charge in [0, 0.05) is 11.8 Å². The monoisotopic (exact) mass is 348 g/mol. The minimum atomic E-state index is -0.707. The van der Waals surface area contributed by atoms with Crippen molar-refractivity contribution in [3.05, 3.63) is 63.2 Å². The van der Waals surface area contributed by atoms with Gasteiger partial charge in [-0.1, -0.05) is 30.7 Å². The molecule has 0 aromatic heterocycles. The maximum absolute atomic E-state index is 12.4. The number of halogens is 1. The minimum absolute atomic E-state index is 0.0149. The average molecular weight is 349 g/mol. The average Bonchev–Trinajstić information content (AvgIpc) is 2.54. The Morgan fingerprint density at radius 1 is 1.33 bits per heavy atom. The molecule has 0 bridgehead atoms. The Labute approximate surface area is 144 Å². The number of nitro groups is 1. The zero-order valence-corrected chi connectivity index (χ0v) is 14.0. The largest absolute Gasteiger partial charge is 0.481 e. The number of nitro benzene ring substituents is 1. The van der Waals surface area contributed by atoms with Gasteiger partial charge in [-0.15, -0.1) is 0 Å². The second-order valence-electron chi connectivity index (χ2n) is 5.24. The van der Waals surface area contributed by atoms with Crippen LogP contribution in [0.2, 0.25) is 5.02 Å². The Hall–Kier alpha value is -2.60. The summed E-state index contributed by atoms with van der Waals surface area (Å²) in [6, 6.07) is 11.5. The molecule has 1 atom stereocenters. The van der Waals surface area contributed by atoms with Crippen LogP contribution >= 0.6 is 11.6 Å². The van der Waals surface area contributed by atoms with Crippen LogP contribution in [0.1, 0.15) is 18.9 Å². The molecule has 0 spiro atoms. The standard InChI is InChI=1S/C17H17ClN2O4/c1-3-16(24-13-6-4-5-11(2)9-13)17(21)19-12-7-8-14(18)15(10-12)20(22)23/h4-10,16H,3H2,1-2H3,(H,19,21). The van der Waals surface area contributed by atoms with E-state index in [0.717, 1.165) is 5.56 Å². The zero-order chi connectivity index (χ0) is 17.7. The van der Waals surface area contributed by atoms with Gasteiger partial charge in [0.25, 0.3) is 11.6 Å². The van der Waals surface area contributed by atoms with E-state index in [2.05, 4.69) is 5.32 Å². The van der Waals surface area contributed by atoms with Crippen LogP contribution < -0.4 is 10.1 Å². The first-order valence-corrected chi connectivity index (χ1v) is 7.76. The molecule has 0 saturated heterocycles. The van der Waals surface area contributed by atoms with Crippen LogP contribution in [0.5, 0.6) is 5.75 Å². The van der Waals surface area contributed by atoms with Gasteiger partial charge in [0.2, 0.25) is 0 Å². The summed E-state index contributed by atoms with van der Waals surface area (Å²) in [5.74, 6) is 0.217. The summed E-state index contributed by atoms with van der Waals surface area (Å²) in [4.78, 5) is 22.7. The molecular formula is C17H17ClN2O4. The number of aryl methyl sites for hydroxylation is 1. The number of carbonyl (C=O) groups is 1. The molecular weight excluding hydrogens is 332 g/mol. The number of anilines is 1. The molecule has 0 aliphatic carbocycles. The fourth-order valence-corrected chi connectivity index (χ4v) is 2.31. The molecule has 0 aliphatic heterocycles. The van der Waals surface area contributed by atoms with Crippen LogP contribution in [0, 0.1) is 17.0 Å². The lowest BCUT2D eigenvalue weighted by Crippen LogP contribution is -2.32. The molecule has 1 amide bonds. The smallest absolute Gasteiger partial charge is 0.289 e. The highest BCUT2D eigenvalue weighted by atomic mass is 35.5. The van der Waals surface area contributed by atoms with Crippen molar-refractivity contribution in [3.8, 4) is 5.75 Å². The molecule has 0 saturated carbocycles. The number of amides is 1. The molecule has 1 N–H and O–H groups in total. The van der Waals surface area contributed by atoms with Crippen molar-refractivity contribution in [2.24, 2.45) is 0 Å². The first-order valence-electron chi connectivity index (χ1n) is 7.39. The maximum atomic E-state index is 12.4. The summed E-state index contributed by atoms with van der Waals surface area (Å²) in [6.45, 7) is 3.76. The predicted octanol–water partition coefficient (Wildman–Crippen LogP) is 4.35. The van der Waals surface area contributed by atoms with Gasteiger partial charge in [-0.3, -0.25) is 14.9 Å². The van der Waals surface area contributed by atoms with E-state index in [4.69, 9.17) is 16.3 Å². The van der Waals surface area contributed by atoms with Crippen LogP contribution in [-0.2, 0) is 4.79 Å². The minimum Gasteiger partial charge on any atom is -0.481 e. The number of benzene rings is 2. The number of hydrogen-bond donors (Lipinski definition) is 1. The number of rotatable bonds is 6. The first kappa shape index (κ1) is 17.7. The zero-order valence-electron chi connectivity index (χ0n) is 13.3. The summed E-state index contributed by atoms with van der Waals surface area (Å²) in [5, 5.41) is 13.5. The van der Waals surface area contributed by atoms with Gasteiger partial charge in [-0.25, -0.2) is 0 Å². The highest BCUT2D eigenvalue weighted by Crippen LogP contribution is 2.27. The van der Waals surface area contributed by atoms with Crippen LogP contribution in [0.15, 0.2) is 42.5 Å². The van der Waals surface area contributed by atoms with Crippen molar-refractivity contribution in [3.63, 3.8) is 0 Å². The highest BCUT2D eigenvalue weighted by Gasteiger charge is 2.20. The molecule has 0 fully saturated rings. The molecule has 24 heavy (non-hydrogen) atoms. The van der Waals surface area contributed by atoms with Crippen molar-refractivity contribution >= 4 is 28.9 Å². The van der Waals surface area contributed by atoms with E-state index in [-0.39, 0.29) is 16.6 Å². The fourth-order valence-electron chi connectivity index (χ4n) is 2.13. The van der Waals surface area contributed by atoms with E-state index in [1.807, 2.05) is 32.0 Å². The second-order valence-corrected chi connectivity index (χ2v) is 5.65. The van der Waals surface area contributed by atoms with Crippen molar-refractivity contribution in [1.82, 2.24) is 0 Å². The molecule has 2 aromatic rings. The normalized spacial score (nSPS) is 11.6. The summed E-state index contributed by atoms with van der Waals surface area (Å²) in [5.41, 5.74) is 1.06. The molecule has 0 radical (unpaired) electrons. The number of nitrogens with zero attached hydrogens (tertiary/aromatic N) is 1. The molecule has 6 nitrogen and oxygen atoms in total. The molecule has 0 aliphatic rings. The SMILES string of the molecule is CCC(Oc1cccc(C)c1)C(=O)Nc1ccc(Cl)c([N+](=O)[O-])c1. The summed E-state index contributed by atoms with van der Waals surface area (Å²) in [6.07, 6.45) is -0.253. The molecule has 7 heteroatoms. The second kappa shape index (κ2) is 7.79. The van der Waals surface area contributed by atoms with E-state index in [0.29, 0.717) is 17.9 Å². The van der Waals surface area contributed by atoms with E-state index in [9.17, 15) is 14.9 Å². The van der Waals surface area contributed by atoms with Crippen molar-refractivity contribution in [1.29, 1.82) is 0 Å². The number of carbonyl (C=O) groups excluding carboxylic acids is 1. The lowest BCUT2D eigenvalue weighted by Gasteiger charge is -2.17. The van der Waals surface area contributed by atoms with Crippen LogP contribution in [0.25, 0.3) is 0 Å². The van der Waals surface area contributed by atoms with E-state index < -0.39 is 11.0 Å². The van der Waals surface area contributed by atoms with Crippen LogP contribution in [-0.4, -0.2) is 16.9 Å². The van der Waals surface area contributed by atoms with Crippen LogP contribution in [0.3, 0.4) is 0 Å². The van der Waals surface area contributed by atoms with Crippen molar-refractivity contribution < 1.29 is 14.5 Å².